The SMILES string of the molecule is Cc1cc(=O)n2nc(CN3CC(CO)C3)sc2n1. The van der Waals surface area contributed by atoms with Crippen LogP contribution in [0.15, 0.2) is 10.9 Å². The maximum Gasteiger partial charge on any atom is 0.275 e. The highest BCUT2D eigenvalue weighted by atomic mass is 32.1. The normalized spacial score (nSPS) is 17.2. The van der Waals surface area contributed by atoms with Crippen LogP contribution in [0.4, 0.5) is 0 Å². The first kappa shape index (κ1) is 11.8. The Kier molecular flexibility index (Phi) is 2.89. The second-order valence-electron chi connectivity index (χ2n) is 4.67. The van der Waals surface area contributed by atoms with Crippen LogP contribution in [0.2, 0.25) is 0 Å². The van der Waals surface area contributed by atoms with E-state index in [-0.39, 0.29) is 12.2 Å². The van der Waals surface area contributed by atoms with E-state index in [0.29, 0.717) is 10.9 Å². The molecule has 2 aromatic heterocycles. The van der Waals surface area contributed by atoms with Crippen molar-refractivity contribution in [2.75, 3.05) is 19.7 Å². The fraction of sp³-hybridized carbons (Fsp3) is 0.545. The molecule has 2 aromatic rings. The first-order valence-corrected chi connectivity index (χ1v) is 6.67. The molecule has 3 heterocycles. The van der Waals surface area contributed by atoms with Gasteiger partial charge in [0.15, 0.2) is 0 Å². The topological polar surface area (TPSA) is 70.7 Å². The molecule has 96 valence electrons. The molecule has 6 nitrogen and oxygen atoms in total. The Labute approximate surface area is 108 Å². The Bertz CT molecular complexity index is 629. The minimum Gasteiger partial charge on any atom is -0.396 e. The van der Waals surface area contributed by atoms with Gasteiger partial charge in [-0.25, -0.2) is 4.98 Å². The molecule has 0 saturated carbocycles. The Morgan fingerprint density at radius 2 is 2.33 bits per heavy atom. The van der Waals surface area contributed by atoms with Gasteiger partial charge in [-0.15, -0.1) is 0 Å². The molecule has 0 atom stereocenters. The zero-order chi connectivity index (χ0) is 12.7. The van der Waals surface area contributed by atoms with E-state index in [1.54, 1.807) is 0 Å². The van der Waals surface area contributed by atoms with Crippen molar-refractivity contribution in [3.05, 3.63) is 27.1 Å². The summed E-state index contributed by atoms with van der Waals surface area (Å²) in [6.07, 6.45) is 0. The third kappa shape index (κ3) is 2.05. The number of likely N-dealkylation sites (tertiary alicyclic amines) is 1. The predicted octanol–water partition coefficient (Wildman–Crippen LogP) is -0.116. The van der Waals surface area contributed by atoms with Gasteiger partial charge in [0.1, 0.15) is 5.01 Å². The zero-order valence-corrected chi connectivity index (χ0v) is 10.9. The standard InChI is InChI=1S/C11H14N4O2S/c1-7-2-10(17)15-11(12-7)18-9(13-15)5-14-3-8(4-14)6-16/h2,8,16H,3-6H2,1H3. The highest BCUT2D eigenvalue weighted by molar-refractivity contribution is 7.16. The summed E-state index contributed by atoms with van der Waals surface area (Å²) in [5, 5.41) is 14.1. The van der Waals surface area contributed by atoms with Crippen LogP contribution in [0.25, 0.3) is 4.96 Å². The van der Waals surface area contributed by atoms with Gasteiger partial charge >= 0.3 is 0 Å². The van der Waals surface area contributed by atoms with Gasteiger partial charge in [0.25, 0.3) is 5.56 Å². The minimum atomic E-state index is -0.128. The molecule has 0 bridgehead atoms. The summed E-state index contributed by atoms with van der Waals surface area (Å²) in [6.45, 7) is 4.57. The van der Waals surface area contributed by atoms with Crippen molar-refractivity contribution in [2.45, 2.75) is 13.5 Å². The van der Waals surface area contributed by atoms with Crippen molar-refractivity contribution in [2.24, 2.45) is 5.92 Å². The lowest BCUT2D eigenvalue weighted by atomic mass is 10.0. The van der Waals surface area contributed by atoms with Crippen molar-refractivity contribution in [3.8, 4) is 0 Å². The van der Waals surface area contributed by atoms with Crippen LogP contribution in [0.3, 0.4) is 0 Å². The van der Waals surface area contributed by atoms with Crippen LogP contribution in [0.1, 0.15) is 10.7 Å². The number of aromatic nitrogens is 3. The molecule has 7 heteroatoms. The van der Waals surface area contributed by atoms with Gasteiger partial charge in [-0.1, -0.05) is 11.3 Å². The van der Waals surface area contributed by atoms with E-state index in [0.717, 1.165) is 30.3 Å². The Balaban J connectivity index is 1.82. The fourth-order valence-corrected chi connectivity index (χ4v) is 3.12. The van der Waals surface area contributed by atoms with Crippen LogP contribution in [0.5, 0.6) is 0 Å². The first-order chi connectivity index (χ1) is 8.65. The monoisotopic (exact) mass is 266 g/mol. The average Bonchev–Trinajstić information content (AvgIpc) is 2.65. The molecule has 0 spiro atoms. The van der Waals surface area contributed by atoms with E-state index in [9.17, 15) is 4.79 Å². The average molecular weight is 266 g/mol. The molecule has 1 aliphatic heterocycles. The Hall–Kier alpha value is -1.31. The summed E-state index contributed by atoms with van der Waals surface area (Å²) in [5.74, 6) is 0.391. The molecule has 0 aliphatic carbocycles. The van der Waals surface area contributed by atoms with Crippen molar-refractivity contribution in [1.82, 2.24) is 19.5 Å². The van der Waals surface area contributed by atoms with Crippen LogP contribution in [-0.2, 0) is 6.54 Å². The summed E-state index contributed by atoms with van der Waals surface area (Å²) in [5.41, 5.74) is 0.594. The van der Waals surface area contributed by atoms with E-state index in [1.807, 2.05) is 6.92 Å². The van der Waals surface area contributed by atoms with E-state index in [1.165, 1.54) is 21.9 Å². The smallest absolute Gasteiger partial charge is 0.275 e. The summed E-state index contributed by atoms with van der Waals surface area (Å²) >= 11 is 1.45. The summed E-state index contributed by atoms with van der Waals surface area (Å²) < 4.78 is 1.36. The molecule has 0 aromatic carbocycles. The van der Waals surface area contributed by atoms with E-state index in [4.69, 9.17) is 5.11 Å². The minimum absolute atomic E-state index is 0.128. The van der Waals surface area contributed by atoms with Gasteiger partial charge in [-0.2, -0.15) is 9.61 Å². The molecule has 1 fully saturated rings. The van der Waals surface area contributed by atoms with Gasteiger partial charge in [-0.3, -0.25) is 9.69 Å². The summed E-state index contributed by atoms with van der Waals surface area (Å²) in [4.78, 5) is 18.9. The van der Waals surface area contributed by atoms with Gasteiger partial charge in [0, 0.05) is 37.4 Å². The van der Waals surface area contributed by atoms with Crippen molar-refractivity contribution in [3.63, 3.8) is 0 Å². The highest BCUT2D eigenvalue weighted by Gasteiger charge is 2.26. The van der Waals surface area contributed by atoms with Crippen LogP contribution < -0.4 is 5.56 Å². The van der Waals surface area contributed by atoms with Crippen molar-refractivity contribution in [1.29, 1.82) is 0 Å². The lowest BCUT2D eigenvalue weighted by Gasteiger charge is -2.37. The van der Waals surface area contributed by atoms with E-state index < -0.39 is 0 Å². The third-order valence-electron chi connectivity index (χ3n) is 3.06. The van der Waals surface area contributed by atoms with Crippen LogP contribution >= 0.6 is 11.3 Å². The highest BCUT2D eigenvalue weighted by Crippen LogP contribution is 2.20. The predicted molar refractivity (Wildman–Crippen MR) is 67.7 cm³/mol. The molecule has 18 heavy (non-hydrogen) atoms. The molecular weight excluding hydrogens is 252 g/mol. The van der Waals surface area contributed by atoms with Crippen molar-refractivity contribution < 1.29 is 5.11 Å². The maximum atomic E-state index is 11.7. The number of hydrogen-bond donors (Lipinski definition) is 1. The summed E-state index contributed by atoms with van der Waals surface area (Å²) in [7, 11) is 0. The lowest BCUT2D eigenvalue weighted by Crippen LogP contribution is -2.47. The quantitative estimate of drug-likeness (QED) is 0.839. The molecule has 1 N–H and O–H groups in total. The summed E-state index contributed by atoms with van der Waals surface area (Å²) in [6, 6.07) is 1.49. The third-order valence-corrected chi connectivity index (χ3v) is 3.96. The number of hydrogen-bond acceptors (Lipinski definition) is 6. The largest absolute Gasteiger partial charge is 0.396 e. The zero-order valence-electron chi connectivity index (χ0n) is 10.0. The Morgan fingerprint density at radius 3 is 3.06 bits per heavy atom. The lowest BCUT2D eigenvalue weighted by molar-refractivity contribution is 0.0477. The number of fused-ring (bicyclic) bond motifs is 1. The number of rotatable bonds is 3. The molecule has 0 radical (unpaired) electrons. The van der Waals surface area contributed by atoms with Gasteiger partial charge < -0.3 is 5.11 Å². The first-order valence-electron chi connectivity index (χ1n) is 5.85. The number of aryl methyl sites for hydroxylation is 1. The van der Waals surface area contributed by atoms with Crippen molar-refractivity contribution >= 4 is 16.3 Å². The van der Waals surface area contributed by atoms with E-state index in [2.05, 4.69) is 15.0 Å². The van der Waals surface area contributed by atoms with Gasteiger partial charge in [0.2, 0.25) is 4.96 Å². The number of aliphatic hydroxyl groups excluding tert-OH is 1. The molecule has 3 rings (SSSR count). The maximum absolute atomic E-state index is 11.7. The van der Waals surface area contributed by atoms with Crippen LogP contribution in [-0.4, -0.2) is 44.3 Å². The second-order valence-corrected chi connectivity index (χ2v) is 5.71. The van der Waals surface area contributed by atoms with Crippen LogP contribution in [0, 0.1) is 12.8 Å². The number of aliphatic hydroxyl groups is 1. The second kappa shape index (κ2) is 4.42. The number of nitrogens with zero attached hydrogens (tertiary/aromatic N) is 4. The molecule has 0 amide bonds. The molecule has 0 unspecified atom stereocenters. The molecule has 1 aliphatic rings. The fourth-order valence-electron chi connectivity index (χ4n) is 2.14. The van der Waals surface area contributed by atoms with Gasteiger partial charge in [-0.05, 0) is 6.92 Å². The van der Waals surface area contributed by atoms with E-state index >= 15 is 0 Å². The van der Waals surface area contributed by atoms with Gasteiger partial charge in [0.05, 0.1) is 6.54 Å². The molecular formula is C11H14N4O2S. The molecule has 1 saturated heterocycles. The Morgan fingerprint density at radius 1 is 1.56 bits per heavy atom.